The summed E-state index contributed by atoms with van der Waals surface area (Å²) >= 11 is 0. The molecule has 0 spiro atoms. The highest BCUT2D eigenvalue weighted by Crippen LogP contribution is 2.37. The van der Waals surface area contributed by atoms with Gasteiger partial charge in [-0.3, -0.25) is 4.79 Å². The summed E-state index contributed by atoms with van der Waals surface area (Å²) in [4.78, 5) is 21.6. The van der Waals surface area contributed by atoms with Gasteiger partial charge in [-0.1, -0.05) is 32.1 Å². The summed E-state index contributed by atoms with van der Waals surface area (Å²) < 4.78 is 36.9. The lowest BCUT2D eigenvalue weighted by atomic mass is 10.0. The molecule has 0 atom stereocenters. The molecule has 3 aromatic heterocycles. The van der Waals surface area contributed by atoms with Crippen LogP contribution in [-0.2, 0) is 5.92 Å². The quantitative estimate of drug-likeness (QED) is 0.207. The van der Waals surface area contributed by atoms with Crippen LogP contribution < -0.4 is 10.6 Å². The smallest absolute Gasteiger partial charge is 0.296 e. The Morgan fingerprint density at radius 3 is 2.72 bits per heavy atom. The number of nitrogens with zero attached hydrogens (tertiary/aromatic N) is 4. The summed E-state index contributed by atoms with van der Waals surface area (Å²) in [7, 11) is 0. The maximum Gasteiger partial charge on any atom is 0.296 e. The Hall–Kier alpha value is -4.34. The van der Waals surface area contributed by atoms with Crippen molar-refractivity contribution in [3.8, 4) is 17.1 Å². The van der Waals surface area contributed by atoms with Gasteiger partial charge in [-0.15, -0.1) is 6.58 Å². The number of alkyl halides is 2. The topological polar surface area (TPSA) is 97.9 Å². The van der Waals surface area contributed by atoms with Gasteiger partial charge in [0, 0.05) is 24.7 Å². The summed E-state index contributed by atoms with van der Waals surface area (Å²) in [6, 6.07) is 11.0. The number of amides is 1. The molecule has 1 aliphatic rings. The summed E-state index contributed by atoms with van der Waals surface area (Å²) in [5, 5.41) is 9.97. The van der Waals surface area contributed by atoms with E-state index in [4.69, 9.17) is 4.42 Å². The van der Waals surface area contributed by atoms with Gasteiger partial charge in [-0.25, -0.2) is 14.6 Å². The van der Waals surface area contributed by atoms with E-state index in [1.165, 1.54) is 30.0 Å². The van der Waals surface area contributed by atoms with Crippen LogP contribution in [0.4, 0.5) is 20.3 Å². The van der Waals surface area contributed by atoms with Crippen molar-refractivity contribution in [3.63, 3.8) is 0 Å². The molecule has 10 heteroatoms. The molecule has 0 saturated heterocycles. The number of allylic oxidation sites excluding steroid dienone is 1. The zero-order valence-corrected chi connectivity index (χ0v) is 21.8. The molecule has 4 aromatic rings. The molecule has 202 valence electrons. The number of hydrogen-bond donors (Lipinski definition) is 2. The van der Waals surface area contributed by atoms with Gasteiger partial charge in [-0.05, 0) is 54.5 Å². The fraction of sp³-hybridized carbons (Fsp3) is 0.310. The number of pyridine rings is 1. The molecule has 39 heavy (non-hydrogen) atoms. The molecule has 1 fully saturated rings. The Balaban J connectivity index is 1.38. The third kappa shape index (κ3) is 6.05. The van der Waals surface area contributed by atoms with E-state index in [2.05, 4.69) is 46.1 Å². The average molecular weight is 533 g/mol. The van der Waals surface area contributed by atoms with Gasteiger partial charge in [0.25, 0.3) is 11.8 Å². The minimum atomic E-state index is -3.34. The number of carbonyl (C=O) groups is 1. The predicted molar refractivity (Wildman–Crippen MR) is 145 cm³/mol. The fourth-order valence-corrected chi connectivity index (χ4v) is 4.09. The second kappa shape index (κ2) is 10.8. The maximum absolute atomic E-state index is 15.0. The van der Waals surface area contributed by atoms with Crippen LogP contribution in [0.15, 0.2) is 72.1 Å². The van der Waals surface area contributed by atoms with Gasteiger partial charge in [0.05, 0.1) is 17.6 Å². The lowest BCUT2D eigenvalue weighted by Gasteiger charge is -2.13. The van der Waals surface area contributed by atoms with E-state index in [-0.39, 0.29) is 17.3 Å². The highest BCUT2D eigenvalue weighted by atomic mass is 19.3. The normalized spacial score (nSPS) is 13.5. The monoisotopic (exact) mass is 532 g/mol. The summed E-state index contributed by atoms with van der Waals surface area (Å²) in [5.41, 5.74) is 1.59. The molecule has 1 aliphatic carbocycles. The first kappa shape index (κ1) is 26.3. The molecule has 1 amide bonds. The second-order valence-electron chi connectivity index (χ2n) is 10.0. The number of carbonyl (C=O) groups excluding carboxylic acids is 1. The van der Waals surface area contributed by atoms with Gasteiger partial charge < -0.3 is 15.1 Å². The number of anilines is 2. The predicted octanol–water partition coefficient (Wildman–Crippen LogP) is 6.79. The van der Waals surface area contributed by atoms with Crippen molar-refractivity contribution in [1.29, 1.82) is 0 Å². The molecule has 1 aromatic carbocycles. The zero-order valence-electron chi connectivity index (χ0n) is 21.8. The van der Waals surface area contributed by atoms with Crippen LogP contribution in [0.2, 0.25) is 0 Å². The van der Waals surface area contributed by atoms with E-state index in [0.29, 0.717) is 28.9 Å². The molecule has 8 nitrogen and oxygen atoms in total. The molecular formula is C29H30F2N6O2. The van der Waals surface area contributed by atoms with Crippen LogP contribution in [0.25, 0.3) is 17.1 Å². The lowest BCUT2D eigenvalue weighted by molar-refractivity contribution is -0.00498. The van der Waals surface area contributed by atoms with Crippen LogP contribution in [0.3, 0.4) is 0 Å². The van der Waals surface area contributed by atoms with Crippen molar-refractivity contribution in [2.75, 3.05) is 17.2 Å². The molecule has 5 rings (SSSR count). The van der Waals surface area contributed by atoms with Crippen LogP contribution in [-0.4, -0.2) is 32.2 Å². The van der Waals surface area contributed by atoms with Crippen LogP contribution in [0.5, 0.6) is 0 Å². The first-order valence-corrected chi connectivity index (χ1v) is 12.9. The van der Waals surface area contributed by atoms with Crippen LogP contribution >= 0.6 is 0 Å². The average Bonchev–Trinajstić information content (AvgIpc) is 3.43. The Kier molecular flexibility index (Phi) is 7.28. The number of benzene rings is 1. The maximum atomic E-state index is 15.0. The van der Waals surface area contributed by atoms with Crippen molar-refractivity contribution in [3.05, 3.63) is 84.7 Å². The third-order valence-electron chi connectivity index (χ3n) is 6.55. The van der Waals surface area contributed by atoms with Gasteiger partial charge in [0.15, 0.2) is 11.4 Å². The summed E-state index contributed by atoms with van der Waals surface area (Å²) in [6.07, 6.45) is 7.12. The Labute approximate surface area is 225 Å². The van der Waals surface area contributed by atoms with E-state index >= 15 is 8.78 Å². The molecule has 0 radical (unpaired) electrons. The highest BCUT2D eigenvalue weighted by Gasteiger charge is 2.37. The van der Waals surface area contributed by atoms with Crippen molar-refractivity contribution >= 4 is 17.4 Å². The number of hydrogen-bond acceptors (Lipinski definition) is 6. The largest absolute Gasteiger partial charge is 0.444 e. The van der Waals surface area contributed by atoms with Gasteiger partial charge in [0.2, 0.25) is 5.89 Å². The fourth-order valence-electron chi connectivity index (χ4n) is 4.09. The van der Waals surface area contributed by atoms with Crippen molar-refractivity contribution in [1.82, 2.24) is 19.7 Å². The number of oxazole rings is 1. The van der Waals surface area contributed by atoms with Crippen molar-refractivity contribution in [2.45, 2.75) is 45.0 Å². The first-order valence-electron chi connectivity index (χ1n) is 12.9. The van der Waals surface area contributed by atoms with Crippen LogP contribution in [0, 0.1) is 5.92 Å². The Morgan fingerprint density at radius 1 is 1.26 bits per heavy atom. The van der Waals surface area contributed by atoms with Crippen LogP contribution in [0.1, 0.15) is 60.8 Å². The van der Waals surface area contributed by atoms with Gasteiger partial charge in [0.1, 0.15) is 12.1 Å². The molecule has 0 unspecified atom stereocenters. The van der Waals surface area contributed by atoms with E-state index in [1.54, 1.807) is 30.5 Å². The summed E-state index contributed by atoms with van der Waals surface area (Å²) in [6.45, 7) is 8.42. The number of aromatic nitrogens is 4. The standard InChI is InChI=1S/C29H30F2N6O2/c1-4-12-29(30,31)26-23(16-37(36-26)22-9-7-20(8-10-22)18(2)3)34-27(38)24-17-39-28(35-24)21-11-13-32-25(14-21)33-15-19-5-6-19/h4,7-11,13-14,16-19H,1,5-6,12,15H2,2-3H3,(H,32,33)(H,34,38). The molecule has 2 N–H and O–H groups in total. The van der Waals surface area contributed by atoms with Gasteiger partial charge in [-0.2, -0.15) is 13.9 Å². The number of halogens is 2. The minimum absolute atomic E-state index is 0.0543. The van der Waals surface area contributed by atoms with E-state index in [0.717, 1.165) is 18.2 Å². The molecule has 0 bridgehead atoms. The first-order chi connectivity index (χ1) is 18.7. The number of nitrogens with one attached hydrogen (secondary N) is 2. The highest BCUT2D eigenvalue weighted by molar-refractivity contribution is 6.03. The second-order valence-corrected chi connectivity index (χ2v) is 10.0. The Bertz CT molecular complexity index is 1470. The van der Waals surface area contributed by atoms with Crippen molar-refractivity contribution in [2.24, 2.45) is 5.92 Å². The van der Waals surface area contributed by atoms with E-state index < -0.39 is 23.9 Å². The summed E-state index contributed by atoms with van der Waals surface area (Å²) in [5.74, 6) is -2.13. The SMILES string of the molecule is C=CCC(F)(F)c1nn(-c2ccc(C(C)C)cc2)cc1NC(=O)c1coc(-c2ccnc(NCC3CC3)c2)n1. The van der Waals surface area contributed by atoms with E-state index in [9.17, 15) is 4.79 Å². The van der Waals surface area contributed by atoms with Crippen molar-refractivity contribution < 1.29 is 18.0 Å². The molecule has 1 saturated carbocycles. The lowest BCUT2D eigenvalue weighted by Crippen LogP contribution is -2.19. The van der Waals surface area contributed by atoms with E-state index in [1.807, 2.05) is 12.1 Å². The minimum Gasteiger partial charge on any atom is -0.444 e. The molecule has 0 aliphatic heterocycles. The zero-order chi connectivity index (χ0) is 27.6. The Morgan fingerprint density at radius 2 is 2.03 bits per heavy atom. The molecular weight excluding hydrogens is 502 g/mol. The third-order valence-corrected chi connectivity index (χ3v) is 6.55. The molecule has 3 heterocycles. The number of rotatable bonds is 11. The van der Waals surface area contributed by atoms with Gasteiger partial charge >= 0.3 is 0 Å².